The van der Waals surface area contributed by atoms with E-state index in [1.165, 1.54) is 16.7 Å². The first-order valence-electron chi connectivity index (χ1n) is 6.83. The lowest BCUT2D eigenvalue weighted by atomic mass is 9.98. The Kier molecular flexibility index (Phi) is 4.05. The Bertz CT molecular complexity index is 572. The smallest absolute Gasteiger partial charge is 0.154 e. The highest BCUT2D eigenvalue weighted by Gasteiger charge is 2.14. The first-order chi connectivity index (χ1) is 9.02. The summed E-state index contributed by atoms with van der Waals surface area (Å²) in [5.74, 6) is 0.773. The fourth-order valence-electron chi connectivity index (χ4n) is 2.28. The van der Waals surface area contributed by atoms with Crippen LogP contribution in [-0.2, 0) is 0 Å². The van der Waals surface area contributed by atoms with Crippen molar-refractivity contribution in [1.82, 2.24) is 5.16 Å². The van der Waals surface area contributed by atoms with E-state index in [-0.39, 0.29) is 6.04 Å². The lowest BCUT2D eigenvalue weighted by Crippen LogP contribution is -2.08. The highest BCUT2D eigenvalue weighted by atomic mass is 16.5. The van der Waals surface area contributed by atoms with E-state index in [1.54, 1.807) is 0 Å². The van der Waals surface area contributed by atoms with Crippen molar-refractivity contribution in [2.24, 2.45) is 5.73 Å². The lowest BCUT2D eigenvalue weighted by molar-refractivity contribution is 0.356. The van der Waals surface area contributed by atoms with Crippen LogP contribution in [0.15, 0.2) is 22.7 Å². The van der Waals surface area contributed by atoms with Crippen molar-refractivity contribution >= 4 is 0 Å². The van der Waals surface area contributed by atoms with Crippen molar-refractivity contribution in [2.45, 2.75) is 46.6 Å². The quantitative estimate of drug-likeness (QED) is 0.899. The second-order valence-corrected chi connectivity index (χ2v) is 5.26. The Labute approximate surface area is 114 Å². The molecule has 0 saturated carbocycles. The summed E-state index contributed by atoms with van der Waals surface area (Å²) in [5, 5.41) is 4.17. The molecule has 3 heteroatoms. The normalized spacial score (nSPS) is 12.7. The molecule has 102 valence electrons. The Morgan fingerprint density at radius 3 is 2.47 bits per heavy atom. The summed E-state index contributed by atoms with van der Waals surface area (Å²) in [5.41, 5.74) is 11.8. The third kappa shape index (κ3) is 2.87. The average Bonchev–Trinajstić information content (AvgIpc) is 2.83. The Balaban J connectivity index is 2.35. The number of nitrogens with zero attached hydrogens (tertiary/aromatic N) is 1. The van der Waals surface area contributed by atoms with Gasteiger partial charge in [0.25, 0.3) is 0 Å². The van der Waals surface area contributed by atoms with Crippen LogP contribution in [0.1, 0.15) is 48.3 Å². The zero-order chi connectivity index (χ0) is 14.0. The van der Waals surface area contributed by atoms with E-state index in [9.17, 15) is 0 Å². The third-order valence-corrected chi connectivity index (χ3v) is 3.61. The predicted molar refractivity (Wildman–Crippen MR) is 78.0 cm³/mol. The largest absolute Gasteiger partial charge is 0.359 e. The summed E-state index contributed by atoms with van der Waals surface area (Å²) in [6.07, 6.45) is 1.96. The minimum Gasteiger partial charge on any atom is -0.359 e. The Morgan fingerprint density at radius 2 is 1.79 bits per heavy atom. The van der Waals surface area contributed by atoms with Gasteiger partial charge in [-0.25, -0.2) is 0 Å². The van der Waals surface area contributed by atoms with Gasteiger partial charge in [0.1, 0.15) is 5.69 Å². The van der Waals surface area contributed by atoms with Gasteiger partial charge in [0.15, 0.2) is 5.76 Å². The molecule has 1 aromatic heterocycles. The van der Waals surface area contributed by atoms with Crippen molar-refractivity contribution in [3.63, 3.8) is 0 Å². The van der Waals surface area contributed by atoms with E-state index in [2.05, 4.69) is 45.0 Å². The molecular formula is C16H22N2O. The van der Waals surface area contributed by atoms with Crippen LogP contribution in [0.5, 0.6) is 0 Å². The van der Waals surface area contributed by atoms with E-state index in [0.717, 1.165) is 29.9 Å². The fraction of sp³-hybridized carbons (Fsp3) is 0.438. The highest BCUT2D eigenvalue weighted by molar-refractivity contribution is 5.65. The molecule has 19 heavy (non-hydrogen) atoms. The van der Waals surface area contributed by atoms with Gasteiger partial charge < -0.3 is 10.3 Å². The van der Waals surface area contributed by atoms with E-state index in [4.69, 9.17) is 10.3 Å². The van der Waals surface area contributed by atoms with Gasteiger partial charge in [-0.2, -0.15) is 0 Å². The van der Waals surface area contributed by atoms with Crippen LogP contribution in [0.25, 0.3) is 11.3 Å². The zero-order valence-electron chi connectivity index (χ0n) is 12.2. The van der Waals surface area contributed by atoms with Crippen molar-refractivity contribution in [2.75, 3.05) is 0 Å². The van der Waals surface area contributed by atoms with Crippen LogP contribution in [0.4, 0.5) is 0 Å². The van der Waals surface area contributed by atoms with Crippen LogP contribution < -0.4 is 5.73 Å². The molecule has 0 aliphatic carbocycles. The molecule has 1 aromatic carbocycles. The van der Waals surface area contributed by atoms with Crippen molar-refractivity contribution in [3.05, 3.63) is 40.6 Å². The SMILES string of the molecule is CCCC(N)c1cc(-c2cc(C)c(C)cc2C)no1. The van der Waals surface area contributed by atoms with Crippen LogP contribution in [0, 0.1) is 20.8 Å². The van der Waals surface area contributed by atoms with Crippen molar-refractivity contribution in [3.8, 4) is 11.3 Å². The molecule has 0 radical (unpaired) electrons. The molecule has 3 nitrogen and oxygen atoms in total. The molecule has 1 atom stereocenters. The number of aromatic nitrogens is 1. The number of nitrogens with two attached hydrogens (primary N) is 1. The molecule has 2 aromatic rings. The van der Waals surface area contributed by atoms with Gasteiger partial charge in [-0.05, 0) is 49.9 Å². The standard InChI is InChI=1S/C16H22N2O/c1-5-6-14(17)16-9-15(18-19-16)13-8-11(3)10(2)7-12(13)4/h7-9,14H,5-6,17H2,1-4H3. The summed E-state index contributed by atoms with van der Waals surface area (Å²) >= 11 is 0. The number of hydrogen-bond donors (Lipinski definition) is 1. The molecule has 0 aliphatic rings. The molecule has 1 heterocycles. The van der Waals surface area contributed by atoms with Gasteiger partial charge in [0.05, 0.1) is 6.04 Å². The topological polar surface area (TPSA) is 52.0 Å². The number of rotatable bonds is 4. The zero-order valence-corrected chi connectivity index (χ0v) is 12.2. The van der Waals surface area contributed by atoms with Crippen molar-refractivity contribution < 1.29 is 4.52 Å². The van der Waals surface area contributed by atoms with E-state index < -0.39 is 0 Å². The first kappa shape index (κ1) is 13.8. The maximum atomic E-state index is 6.06. The molecule has 0 bridgehead atoms. The van der Waals surface area contributed by atoms with Gasteiger partial charge in [0, 0.05) is 11.6 Å². The Hall–Kier alpha value is -1.61. The second-order valence-electron chi connectivity index (χ2n) is 5.26. The number of benzene rings is 1. The maximum absolute atomic E-state index is 6.06. The lowest BCUT2D eigenvalue weighted by Gasteiger charge is -2.07. The van der Waals surface area contributed by atoms with Gasteiger partial charge in [-0.1, -0.05) is 24.6 Å². The molecule has 0 aliphatic heterocycles. The minimum atomic E-state index is -0.0573. The first-order valence-corrected chi connectivity index (χ1v) is 6.83. The molecule has 0 amide bonds. The Morgan fingerprint density at radius 1 is 1.11 bits per heavy atom. The van der Waals surface area contributed by atoms with Crippen LogP contribution >= 0.6 is 0 Å². The summed E-state index contributed by atoms with van der Waals surface area (Å²) in [7, 11) is 0. The maximum Gasteiger partial charge on any atom is 0.154 e. The van der Waals surface area contributed by atoms with Crippen LogP contribution in [0.2, 0.25) is 0 Å². The van der Waals surface area contributed by atoms with Crippen LogP contribution in [-0.4, -0.2) is 5.16 Å². The molecule has 0 saturated heterocycles. The molecular weight excluding hydrogens is 236 g/mol. The molecule has 2 N–H and O–H groups in total. The van der Waals surface area contributed by atoms with Crippen molar-refractivity contribution in [1.29, 1.82) is 0 Å². The summed E-state index contributed by atoms with van der Waals surface area (Å²) in [4.78, 5) is 0. The highest BCUT2D eigenvalue weighted by Crippen LogP contribution is 2.28. The van der Waals surface area contributed by atoms with Gasteiger partial charge >= 0.3 is 0 Å². The fourth-order valence-corrected chi connectivity index (χ4v) is 2.28. The monoisotopic (exact) mass is 258 g/mol. The summed E-state index contributed by atoms with van der Waals surface area (Å²) < 4.78 is 5.38. The predicted octanol–water partition coefficient (Wildman–Crippen LogP) is 4.07. The molecule has 0 fully saturated rings. The minimum absolute atomic E-state index is 0.0573. The molecule has 1 unspecified atom stereocenters. The summed E-state index contributed by atoms with van der Waals surface area (Å²) in [6, 6.07) is 6.26. The van der Waals surface area contributed by atoms with Crippen LogP contribution in [0.3, 0.4) is 0 Å². The average molecular weight is 258 g/mol. The van der Waals surface area contributed by atoms with Gasteiger partial charge in [-0.15, -0.1) is 0 Å². The summed E-state index contributed by atoms with van der Waals surface area (Å²) in [6.45, 7) is 8.45. The number of hydrogen-bond acceptors (Lipinski definition) is 3. The molecule has 2 rings (SSSR count). The van der Waals surface area contributed by atoms with E-state index in [0.29, 0.717) is 0 Å². The second kappa shape index (κ2) is 5.57. The van der Waals surface area contributed by atoms with Gasteiger partial charge in [0.2, 0.25) is 0 Å². The van der Waals surface area contributed by atoms with E-state index >= 15 is 0 Å². The van der Waals surface area contributed by atoms with E-state index in [1.807, 2.05) is 6.07 Å². The molecule has 0 spiro atoms. The third-order valence-electron chi connectivity index (χ3n) is 3.61. The van der Waals surface area contributed by atoms with Gasteiger partial charge in [-0.3, -0.25) is 0 Å². The number of aryl methyl sites for hydroxylation is 3.